The van der Waals surface area contributed by atoms with Crippen LogP contribution < -0.4 is 0 Å². The molecule has 162 valence electrons. The second-order valence-corrected chi connectivity index (χ2v) is 7.62. The Balaban J connectivity index is 1.95. The molecule has 0 bridgehead atoms. The summed E-state index contributed by atoms with van der Waals surface area (Å²) in [4.78, 5) is 13.6. The fraction of sp³-hybridized carbons (Fsp3) is 0.423. The van der Waals surface area contributed by atoms with Crippen LogP contribution in [0.25, 0.3) is 11.0 Å². The monoisotopic (exact) mass is 417 g/mol. The number of aromatic nitrogens is 3. The van der Waals surface area contributed by atoms with Crippen molar-refractivity contribution in [1.29, 1.82) is 0 Å². The smallest absolute Gasteiger partial charge is 0.286 e. The molecule has 0 saturated carbocycles. The molecule has 3 rings (SSSR count). The Labute approximate surface area is 184 Å². The normalized spacial score (nSPS) is 12.8. The molecule has 1 atom stereocenters. The number of ether oxygens (including phenoxy) is 1. The first-order valence-corrected chi connectivity index (χ1v) is 11.3. The summed E-state index contributed by atoms with van der Waals surface area (Å²) < 4.78 is 7.66. The number of hydrogen-bond donors (Lipinski definition) is 0. The summed E-state index contributed by atoms with van der Waals surface area (Å²) in [6, 6.07) is 17.2. The van der Waals surface area contributed by atoms with Crippen molar-refractivity contribution in [3.8, 4) is 11.8 Å². The maximum atomic E-state index is 13.6. The lowest BCUT2D eigenvalue weighted by Gasteiger charge is -2.27. The van der Waals surface area contributed by atoms with Gasteiger partial charge in [-0.05, 0) is 43.5 Å². The van der Waals surface area contributed by atoms with E-state index in [0.29, 0.717) is 18.5 Å². The number of fused-ring (bicyclic) bond motifs is 1. The van der Waals surface area contributed by atoms with Gasteiger partial charge in [0.05, 0.1) is 5.52 Å². The van der Waals surface area contributed by atoms with Crippen LogP contribution in [0.2, 0.25) is 0 Å². The Morgan fingerprint density at radius 1 is 0.968 bits per heavy atom. The van der Waals surface area contributed by atoms with Crippen molar-refractivity contribution < 1.29 is 9.53 Å². The Bertz CT molecular complexity index is 1030. The number of para-hydroxylation sites is 1. The van der Waals surface area contributed by atoms with E-state index in [-0.39, 0.29) is 5.78 Å². The van der Waals surface area contributed by atoms with E-state index in [1.807, 2.05) is 61.5 Å². The second kappa shape index (κ2) is 11.4. The summed E-state index contributed by atoms with van der Waals surface area (Å²) in [5.41, 5.74) is 0.767. The average Bonchev–Trinajstić information content (AvgIpc) is 3.24. The van der Waals surface area contributed by atoms with E-state index >= 15 is 0 Å². The summed E-state index contributed by atoms with van der Waals surface area (Å²) in [5, 5.41) is 8.55. The van der Waals surface area contributed by atoms with Crippen molar-refractivity contribution in [3.63, 3.8) is 0 Å². The van der Waals surface area contributed by atoms with Gasteiger partial charge in [0.1, 0.15) is 5.52 Å². The molecule has 31 heavy (non-hydrogen) atoms. The third-order valence-electron chi connectivity index (χ3n) is 5.29. The lowest BCUT2D eigenvalue weighted by atomic mass is 10.00. The second-order valence-electron chi connectivity index (χ2n) is 7.62. The van der Waals surface area contributed by atoms with Crippen LogP contribution in [0.4, 0.5) is 0 Å². The number of nitrogens with zero attached hydrogens (tertiary/aromatic N) is 3. The highest BCUT2D eigenvalue weighted by atomic mass is 16.5. The third-order valence-corrected chi connectivity index (χ3v) is 5.29. The molecule has 0 amide bonds. The first-order chi connectivity index (χ1) is 15.2. The van der Waals surface area contributed by atoms with Crippen molar-refractivity contribution in [2.45, 2.75) is 64.5 Å². The SMILES string of the molecule is CCCCCCCCC(=O)C(C#Cc1ccccc1)(OCC)n1nnc2ccccc21. The summed E-state index contributed by atoms with van der Waals surface area (Å²) in [7, 11) is 0. The van der Waals surface area contributed by atoms with E-state index in [9.17, 15) is 4.79 Å². The minimum Gasteiger partial charge on any atom is -0.338 e. The van der Waals surface area contributed by atoms with E-state index in [4.69, 9.17) is 4.74 Å². The van der Waals surface area contributed by atoms with Crippen molar-refractivity contribution in [2.75, 3.05) is 6.61 Å². The number of carbonyl (C=O) groups is 1. The number of carbonyl (C=O) groups excluding carboxylic acids is 1. The third kappa shape index (κ3) is 5.59. The van der Waals surface area contributed by atoms with Crippen molar-refractivity contribution in [1.82, 2.24) is 15.0 Å². The summed E-state index contributed by atoms with van der Waals surface area (Å²) in [6.45, 7) is 4.41. The molecule has 1 heterocycles. The number of hydrogen-bond acceptors (Lipinski definition) is 4. The number of ketones is 1. The van der Waals surface area contributed by atoms with Crippen LogP contribution >= 0.6 is 0 Å². The van der Waals surface area contributed by atoms with Gasteiger partial charge >= 0.3 is 0 Å². The highest BCUT2D eigenvalue weighted by Crippen LogP contribution is 2.26. The molecule has 0 N–H and O–H groups in total. The first-order valence-electron chi connectivity index (χ1n) is 11.3. The zero-order valence-electron chi connectivity index (χ0n) is 18.5. The highest BCUT2D eigenvalue weighted by molar-refractivity contribution is 5.90. The van der Waals surface area contributed by atoms with Crippen LogP contribution in [0.15, 0.2) is 54.6 Å². The molecule has 0 aliphatic carbocycles. The average molecular weight is 418 g/mol. The molecule has 5 heteroatoms. The van der Waals surface area contributed by atoms with E-state index < -0.39 is 5.72 Å². The number of unbranched alkanes of at least 4 members (excludes halogenated alkanes) is 5. The zero-order valence-corrected chi connectivity index (χ0v) is 18.5. The maximum Gasteiger partial charge on any atom is 0.286 e. The van der Waals surface area contributed by atoms with Crippen LogP contribution in [0, 0.1) is 11.8 Å². The predicted octanol–water partition coefficient (Wildman–Crippen LogP) is 5.49. The fourth-order valence-corrected chi connectivity index (χ4v) is 3.64. The molecule has 3 aromatic rings. The van der Waals surface area contributed by atoms with Crippen LogP contribution in [0.3, 0.4) is 0 Å². The standard InChI is InChI=1S/C26H31N3O2/c1-3-5-6-7-8-12-19-25(30)26(31-4-2,21-20-22-15-10-9-11-16-22)29-24-18-14-13-17-23(24)27-28-29/h9-11,13-18H,3-8,12,19H2,1-2H3. The summed E-state index contributed by atoms with van der Waals surface area (Å²) in [5.74, 6) is 6.20. The number of rotatable bonds is 11. The van der Waals surface area contributed by atoms with Gasteiger partial charge in [-0.1, -0.05) is 80.5 Å². The van der Waals surface area contributed by atoms with Gasteiger partial charge in [-0.3, -0.25) is 4.79 Å². The molecule has 0 aliphatic heterocycles. The predicted molar refractivity (Wildman–Crippen MR) is 123 cm³/mol. The Kier molecular flexibility index (Phi) is 8.37. The molecule has 1 aromatic heterocycles. The molecule has 1 unspecified atom stereocenters. The van der Waals surface area contributed by atoms with Crippen molar-refractivity contribution in [2.24, 2.45) is 0 Å². The van der Waals surface area contributed by atoms with Crippen LogP contribution in [-0.2, 0) is 15.3 Å². The lowest BCUT2D eigenvalue weighted by Crippen LogP contribution is -2.44. The van der Waals surface area contributed by atoms with E-state index in [1.165, 1.54) is 19.3 Å². The molecule has 0 fully saturated rings. The molecular formula is C26H31N3O2. The van der Waals surface area contributed by atoms with Gasteiger partial charge in [0.15, 0.2) is 5.78 Å². The Morgan fingerprint density at radius 2 is 1.68 bits per heavy atom. The van der Waals surface area contributed by atoms with Crippen LogP contribution in [0.5, 0.6) is 0 Å². The van der Waals surface area contributed by atoms with E-state index in [1.54, 1.807) is 4.68 Å². The molecule has 0 spiro atoms. The Morgan fingerprint density at radius 3 is 2.45 bits per heavy atom. The van der Waals surface area contributed by atoms with E-state index in [0.717, 1.165) is 30.3 Å². The first kappa shape index (κ1) is 22.7. The molecule has 2 aromatic carbocycles. The minimum atomic E-state index is -1.50. The van der Waals surface area contributed by atoms with Gasteiger partial charge in [0.25, 0.3) is 5.72 Å². The highest BCUT2D eigenvalue weighted by Gasteiger charge is 2.41. The van der Waals surface area contributed by atoms with Crippen LogP contribution in [0.1, 0.15) is 64.4 Å². The minimum absolute atomic E-state index is 0.0797. The van der Waals surface area contributed by atoms with Gasteiger partial charge in [-0.25, -0.2) is 0 Å². The number of Topliss-reactive ketones (excluding diaryl/α,β-unsaturated/α-hetero) is 1. The molecular weight excluding hydrogens is 386 g/mol. The molecule has 0 aliphatic rings. The van der Waals surface area contributed by atoms with Crippen LogP contribution in [-0.4, -0.2) is 27.4 Å². The molecule has 5 nitrogen and oxygen atoms in total. The fourth-order valence-electron chi connectivity index (χ4n) is 3.64. The molecule has 0 saturated heterocycles. The zero-order chi connectivity index (χ0) is 21.9. The van der Waals surface area contributed by atoms with Gasteiger partial charge in [0, 0.05) is 18.6 Å². The summed E-state index contributed by atoms with van der Waals surface area (Å²) >= 11 is 0. The van der Waals surface area contributed by atoms with E-state index in [2.05, 4.69) is 29.1 Å². The number of benzene rings is 2. The van der Waals surface area contributed by atoms with Crippen molar-refractivity contribution in [3.05, 3.63) is 60.2 Å². The Hall–Kier alpha value is -2.97. The molecule has 0 radical (unpaired) electrons. The maximum absolute atomic E-state index is 13.6. The van der Waals surface area contributed by atoms with Gasteiger partial charge in [0.2, 0.25) is 0 Å². The van der Waals surface area contributed by atoms with Crippen molar-refractivity contribution >= 4 is 16.8 Å². The van der Waals surface area contributed by atoms with Gasteiger partial charge in [-0.2, -0.15) is 4.68 Å². The largest absolute Gasteiger partial charge is 0.338 e. The van der Waals surface area contributed by atoms with Gasteiger partial charge in [-0.15, -0.1) is 5.10 Å². The quantitative estimate of drug-likeness (QED) is 0.306. The topological polar surface area (TPSA) is 57.0 Å². The van der Waals surface area contributed by atoms with Gasteiger partial charge < -0.3 is 4.74 Å². The lowest BCUT2D eigenvalue weighted by molar-refractivity contribution is -0.149. The summed E-state index contributed by atoms with van der Waals surface area (Å²) in [6.07, 6.45) is 7.04.